The van der Waals surface area contributed by atoms with Crippen LogP contribution in [0.5, 0.6) is 5.75 Å². The lowest BCUT2D eigenvalue weighted by Gasteiger charge is -2.33. The molecule has 1 aliphatic carbocycles. The Balaban J connectivity index is 1.70. The van der Waals surface area contributed by atoms with Crippen LogP contribution in [0.25, 0.3) is 0 Å². The highest BCUT2D eigenvalue weighted by atomic mass is 35.5. The fraction of sp³-hybridized carbons (Fsp3) is 0.355. The number of carbonyl (C=O) groups is 2. The number of rotatable bonds is 12. The van der Waals surface area contributed by atoms with E-state index >= 15 is 0 Å². The van der Waals surface area contributed by atoms with Crippen molar-refractivity contribution in [2.45, 2.75) is 62.6 Å². The van der Waals surface area contributed by atoms with E-state index in [0.29, 0.717) is 22.9 Å². The number of anilines is 1. The molecule has 0 unspecified atom stereocenters. The van der Waals surface area contributed by atoms with Crippen molar-refractivity contribution < 1.29 is 22.7 Å². The van der Waals surface area contributed by atoms with E-state index in [1.807, 2.05) is 6.92 Å². The molecule has 8 nitrogen and oxygen atoms in total. The fourth-order valence-corrected chi connectivity index (χ4v) is 6.63. The van der Waals surface area contributed by atoms with Gasteiger partial charge < -0.3 is 15.0 Å². The number of hydrogen-bond acceptors (Lipinski definition) is 5. The van der Waals surface area contributed by atoms with Crippen molar-refractivity contribution in [2.24, 2.45) is 0 Å². The minimum absolute atomic E-state index is 0.0545. The lowest BCUT2D eigenvalue weighted by molar-refractivity contribution is -0.140. The Kier molecular flexibility index (Phi) is 10.3. The monoisotopic (exact) mass is 597 g/mol. The van der Waals surface area contributed by atoms with E-state index in [-0.39, 0.29) is 23.4 Å². The summed E-state index contributed by atoms with van der Waals surface area (Å²) in [6.45, 7) is 1.47. The molecular weight excluding hydrogens is 562 g/mol. The van der Waals surface area contributed by atoms with Crippen molar-refractivity contribution in [3.63, 3.8) is 0 Å². The first-order chi connectivity index (χ1) is 19.7. The van der Waals surface area contributed by atoms with Crippen LogP contribution in [0.3, 0.4) is 0 Å². The first-order valence-corrected chi connectivity index (χ1v) is 15.6. The van der Waals surface area contributed by atoms with Crippen molar-refractivity contribution in [3.8, 4) is 5.75 Å². The summed E-state index contributed by atoms with van der Waals surface area (Å²) in [6, 6.07) is 20.8. The largest absolute Gasteiger partial charge is 0.497 e. The molecule has 41 heavy (non-hydrogen) atoms. The first kappa shape index (κ1) is 30.4. The van der Waals surface area contributed by atoms with Gasteiger partial charge in [-0.05, 0) is 73.4 Å². The second-order valence-corrected chi connectivity index (χ2v) is 12.4. The van der Waals surface area contributed by atoms with E-state index in [9.17, 15) is 18.0 Å². The molecule has 3 aromatic carbocycles. The van der Waals surface area contributed by atoms with Crippen molar-refractivity contribution in [1.29, 1.82) is 0 Å². The molecule has 0 aliphatic heterocycles. The van der Waals surface area contributed by atoms with Crippen LogP contribution >= 0.6 is 11.6 Å². The van der Waals surface area contributed by atoms with Crippen LogP contribution in [0.4, 0.5) is 5.69 Å². The Morgan fingerprint density at radius 1 is 0.976 bits per heavy atom. The summed E-state index contributed by atoms with van der Waals surface area (Å²) < 4.78 is 34.1. The fourth-order valence-electron chi connectivity index (χ4n) is 5.07. The normalized spacial score (nSPS) is 14.3. The van der Waals surface area contributed by atoms with Gasteiger partial charge in [-0.1, -0.05) is 61.7 Å². The van der Waals surface area contributed by atoms with Crippen LogP contribution in [-0.2, 0) is 26.2 Å². The highest BCUT2D eigenvalue weighted by Crippen LogP contribution is 2.27. The molecule has 1 aliphatic rings. The molecule has 1 N–H and O–H groups in total. The molecule has 218 valence electrons. The van der Waals surface area contributed by atoms with Crippen molar-refractivity contribution in [1.82, 2.24) is 10.2 Å². The van der Waals surface area contributed by atoms with Crippen LogP contribution in [-0.4, -0.2) is 50.9 Å². The van der Waals surface area contributed by atoms with E-state index in [4.69, 9.17) is 16.3 Å². The molecular formula is C31H36ClN3O5S. The number of benzene rings is 3. The smallest absolute Gasteiger partial charge is 0.264 e. The molecule has 0 aromatic heterocycles. The second-order valence-electron chi connectivity index (χ2n) is 10.1. The van der Waals surface area contributed by atoms with E-state index in [2.05, 4.69) is 5.32 Å². The summed E-state index contributed by atoms with van der Waals surface area (Å²) in [7, 11) is -2.60. The molecule has 0 heterocycles. The van der Waals surface area contributed by atoms with Crippen LogP contribution in [0.2, 0.25) is 5.02 Å². The number of halogens is 1. The first-order valence-electron chi connectivity index (χ1n) is 13.8. The third-order valence-corrected chi connectivity index (χ3v) is 9.36. The van der Waals surface area contributed by atoms with Gasteiger partial charge in [0.15, 0.2) is 0 Å². The predicted molar refractivity (Wildman–Crippen MR) is 160 cm³/mol. The van der Waals surface area contributed by atoms with E-state index in [0.717, 1.165) is 35.6 Å². The Bertz CT molecular complexity index is 1410. The Labute approximate surface area is 247 Å². The van der Waals surface area contributed by atoms with Gasteiger partial charge in [0.1, 0.15) is 18.3 Å². The molecule has 2 amide bonds. The summed E-state index contributed by atoms with van der Waals surface area (Å²) in [6.07, 6.45) is 4.31. The Morgan fingerprint density at radius 3 is 2.20 bits per heavy atom. The van der Waals surface area contributed by atoms with E-state index in [1.54, 1.807) is 66.7 Å². The maximum Gasteiger partial charge on any atom is 0.264 e. The number of amides is 2. The summed E-state index contributed by atoms with van der Waals surface area (Å²) in [5.41, 5.74) is 1.08. The van der Waals surface area contributed by atoms with Gasteiger partial charge in [-0.15, -0.1) is 0 Å². The van der Waals surface area contributed by atoms with Gasteiger partial charge in [0.05, 0.1) is 17.7 Å². The zero-order valence-corrected chi connectivity index (χ0v) is 24.9. The number of carbonyl (C=O) groups excluding carboxylic acids is 2. The average molecular weight is 598 g/mol. The molecule has 10 heteroatoms. The lowest BCUT2D eigenvalue weighted by atomic mass is 10.1. The number of sulfonamides is 1. The zero-order valence-electron chi connectivity index (χ0n) is 23.3. The maximum absolute atomic E-state index is 14.1. The van der Waals surface area contributed by atoms with Gasteiger partial charge >= 0.3 is 0 Å². The van der Waals surface area contributed by atoms with Gasteiger partial charge in [-0.2, -0.15) is 0 Å². The Morgan fingerprint density at radius 2 is 1.61 bits per heavy atom. The number of nitrogens with zero attached hydrogens (tertiary/aromatic N) is 2. The molecule has 0 saturated heterocycles. The van der Waals surface area contributed by atoms with Crippen molar-refractivity contribution >= 4 is 39.1 Å². The number of nitrogens with one attached hydrogen (secondary N) is 1. The highest BCUT2D eigenvalue weighted by Gasteiger charge is 2.34. The maximum atomic E-state index is 14.1. The second kappa shape index (κ2) is 13.9. The van der Waals surface area contributed by atoms with Gasteiger partial charge in [0.2, 0.25) is 11.8 Å². The number of hydrogen-bond donors (Lipinski definition) is 1. The minimum atomic E-state index is -4.13. The van der Waals surface area contributed by atoms with E-state index in [1.165, 1.54) is 24.1 Å². The van der Waals surface area contributed by atoms with Crippen molar-refractivity contribution in [3.05, 3.63) is 89.4 Å². The quantitative estimate of drug-likeness (QED) is 0.301. The predicted octanol–water partition coefficient (Wildman–Crippen LogP) is 5.41. The molecule has 1 atom stereocenters. The molecule has 0 spiro atoms. The summed E-state index contributed by atoms with van der Waals surface area (Å²) >= 11 is 6.09. The summed E-state index contributed by atoms with van der Waals surface area (Å²) in [5, 5.41) is 3.67. The van der Waals surface area contributed by atoms with Gasteiger partial charge in [-0.25, -0.2) is 8.42 Å². The lowest BCUT2D eigenvalue weighted by Crippen LogP contribution is -2.53. The molecule has 0 bridgehead atoms. The van der Waals surface area contributed by atoms with Gasteiger partial charge in [0, 0.05) is 17.6 Å². The molecule has 4 rings (SSSR count). The van der Waals surface area contributed by atoms with Crippen LogP contribution in [0.1, 0.15) is 44.6 Å². The average Bonchev–Trinajstić information content (AvgIpc) is 3.50. The standard InChI is InChI=1S/C31H36ClN3O5S/c1-3-29(31(37)33-25-9-7-8-10-25)34(21-23-13-15-24(32)16-14-23)30(36)22-35(26-17-19-27(40-2)20-18-26)41(38,39)28-11-5-4-6-12-28/h4-6,11-20,25,29H,3,7-10,21-22H2,1-2H3,(H,33,37)/t29-/m0/s1. The molecule has 1 fully saturated rings. The Hall–Kier alpha value is -3.56. The van der Waals surface area contributed by atoms with E-state index < -0.39 is 28.5 Å². The summed E-state index contributed by atoms with van der Waals surface area (Å²) in [5.74, 6) is -0.177. The summed E-state index contributed by atoms with van der Waals surface area (Å²) in [4.78, 5) is 29.2. The molecule has 0 radical (unpaired) electrons. The minimum Gasteiger partial charge on any atom is -0.497 e. The third-order valence-electron chi connectivity index (χ3n) is 7.32. The molecule has 1 saturated carbocycles. The number of ether oxygens (including phenoxy) is 1. The topological polar surface area (TPSA) is 96.0 Å². The van der Waals surface area contributed by atoms with Gasteiger partial charge in [0.25, 0.3) is 10.0 Å². The molecule has 3 aromatic rings. The van der Waals surface area contributed by atoms with Crippen LogP contribution in [0.15, 0.2) is 83.8 Å². The third kappa shape index (κ3) is 7.59. The van der Waals surface area contributed by atoms with Crippen molar-refractivity contribution in [2.75, 3.05) is 18.0 Å². The number of methoxy groups -OCH3 is 1. The SMILES string of the molecule is CC[C@@H](C(=O)NC1CCCC1)N(Cc1ccc(Cl)cc1)C(=O)CN(c1ccc(OC)cc1)S(=O)(=O)c1ccccc1. The highest BCUT2D eigenvalue weighted by molar-refractivity contribution is 7.92. The zero-order chi connectivity index (χ0) is 29.4. The van der Waals surface area contributed by atoms with Crippen LogP contribution < -0.4 is 14.4 Å². The van der Waals surface area contributed by atoms with Gasteiger partial charge in [-0.3, -0.25) is 13.9 Å². The van der Waals surface area contributed by atoms with Crippen LogP contribution in [0, 0.1) is 0 Å².